The van der Waals surface area contributed by atoms with Gasteiger partial charge in [0.1, 0.15) is 0 Å². The zero-order valence-corrected chi connectivity index (χ0v) is 11.6. The molecule has 0 amide bonds. The molecule has 1 aliphatic carbocycles. The second kappa shape index (κ2) is 4.89. The van der Waals surface area contributed by atoms with Crippen LogP contribution < -0.4 is 0 Å². The van der Waals surface area contributed by atoms with Gasteiger partial charge in [-0.1, -0.05) is 13.3 Å². The van der Waals surface area contributed by atoms with E-state index >= 15 is 0 Å². The Morgan fingerprint density at radius 3 is 2.67 bits per heavy atom. The van der Waals surface area contributed by atoms with Gasteiger partial charge >= 0.3 is 0 Å². The van der Waals surface area contributed by atoms with Gasteiger partial charge in [-0.25, -0.2) is 0 Å². The van der Waals surface area contributed by atoms with Gasteiger partial charge in [-0.15, -0.1) is 0 Å². The van der Waals surface area contributed by atoms with E-state index in [9.17, 15) is 0 Å². The molecule has 1 nitrogen and oxygen atoms in total. The molecule has 2 rings (SSSR count). The van der Waals surface area contributed by atoms with Crippen molar-refractivity contribution in [2.75, 3.05) is 24.6 Å². The van der Waals surface area contributed by atoms with Crippen molar-refractivity contribution in [1.82, 2.24) is 4.90 Å². The Morgan fingerprint density at radius 2 is 2.13 bits per heavy atom. The highest BCUT2D eigenvalue weighted by molar-refractivity contribution is 8.00. The van der Waals surface area contributed by atoms with E-state index in [-0.39, 0.29) is 0 Å². The SMILES string of the molecule is CC1SCCN(CC2(CS)CCC2)C1C. The van der Waals surface area contributed by atoms with Crippen LogP contribution in [-0.4, -0.2) is 40.8 Å². The van der Waals surface area contributed by atoms with Crippen molar-refractivity contribution >= 4 is 24.4 Å². The number of thioether (sulfide) groups is 1. The molecule has 2 aliphatic rings. The van der Waals surface area contributed by atoms with Gasteiger partial charge in [0.05, 0.1) is 0 Å². The summed E-state index contributed by atoms with van der Waals surface area (Å²) in [5.41, 5.74) is 0.569. The Morgan fingerprint density at radius 1 is 1.40 bits per heavy atom. The highest BCUT2D eigenvalue weighted by Crippen LogP contribution is 2.43. The summed E-state index contributed by atoms with van der Waals surface area (Å²) in [5.74, 6) is 2.39. The average molecular weight is 245 g/mol. The van der Waals surface area contributed by atoms with Crippen LogP contribution in [-0.2, 0) is 0 Å². The molecule has 0 N–H and O–H groups in total. The van der Waals surface area contributed by atoms with Crippen LogP contribution in [0.2, 0.25) is 0 Å². The van der Waals surface area contributed by atoms with E-state index in [0.717, 1.165) is 17.0 Å². The second-order valence-corrected chi connectivity index (χ2v) is 7.10. The van der Waals surface area contributed by atoms with Crippen LogP contribution in [0.4, 0.5) is 0 Å². The smallest absolute Gasteiger partial charge is 0.0184 e. The van der Waals surface area contributed by atoms with Gasteiger partial charge in [0.25, 0.3) is 0 Å². The summed E-state index contributed by atoms with van der Waals surface area (Å²) in [6.45, 7) is 7.34. The van der Waals surface area contributed by atoms with Crippen molar-refractivity contribution in [3.8, 4) is 0 Å². The molecule has 2 unspecified atom stereocenters. The Labute approximate surface area is 104 Å². The summed E-state index contributed by atoms with van der Waals surface area (Å²) >= 11 is 6.68. The van der Waals surface area contributed by atoms with Gasteiger partial charge in [-0.05, 0) is 30.9 Å². The molecule has 0 aromatic rings. The summed E-state index contributed by atoms with van der Waals surface area (Å²) in [4.78, 5) is 2.70. The van der Waals surface area contributed by atoms with Crippen molar-refractivity contribution in [3.63, 3.8) is 0 Å². The molecule has 2 atom stereocenters. The first-order valence-corrected chi connectivity index (χ1v) is 7.81. The summed E-state index contributed by atoms with van der Waals surface area (Å²) in [6, 6.07) is 0.751. The van der Waals surface area contributed by atoms with E-state index in [1.807, 2.05) is 0 Å². The summed E-state index contributed by atoms with van der Waals surface area (Å²) in [5, 5.41) is 0.802. The van der Waals surface area contributed by atoms with Gasteiger partial charge < -0.3 is 0 Å². The first-order chi connectivity index (χ1) is 7.17. The van der Waals surface area contributed by atoms with Crippen LogP contribution in [0.15, 0.2) is 0 Å². The fourth-order valence-corrected chi connectivity index (χ4v) is 4.27. The lowest BCUT2D eigenvalue weighted by molar-refractivity contribution is 0.0702. The molecule has 1 heterocycles. The van der Waals surface area contributed by atoms with Gasteiger partial charge in [0, 0.05) is 30.1 Å². The van der Waals surface area contributed by atoms with Crippen molar-refractivity contribution < 1.29 is 0 Å². The summed E-state index contributed by atoms with van der Waals surface area (Å²) in [6.07, 6.45) is 4.23. The number of rotatable bonds is 3. The van der Waals surface area contributed by atoms with Crippen molar-refractivity contribution in [3.05, 3.63) is 0 Å². The quantitative estimate of drug-likeness (QED) is 0.762. The average Bonchev–Trinajstić information content (AvgIpc) is 2.18. The molecular weight excluding hydrogens is 222 g/mol. The second-order valence-electron chi connectivity index (χ2n) is 5.30. The van der Waals surface area contributed by atoms with Crippen molar-refractivity contribution in [1.29, 1.82) is 0 Å². The predicted molar refractivity (Wildman–Crippen MR) is 73.1 cm³/mol. The molecule has 3 heteroatoms. The molecule has 1 saturated carbocycles. The Bertz CT molecular complexity index is 210. The van der Waals surface area contributed by atoms with Crippen molar-refractivity contribution in [2.24, 2.45) is 5.41 Å². The number of hydrogen-bond donors (Lipinski definition) is 1. The molecule has 0 bridgehead atoms. The largest absolute Gasteiger partial charge is 0.298 e. The van der Waals surface area contributed by atoms with E-state index in [0.29, 0.717) is 5.41 Å². The Hall–Kier alpha value is 0.660. The molecule has 1 saturated heterocycles. The highest BCUT2D eigenvalue weighted by Gasteiger charge is 2.39. The van der Waals surface area contributed by atoms with E-state index < -0.39 is 0 Å². The van der Waals surface area contributed by atoms with Crippen LogP contribution in [0, 0.1) is 5.41 Å². The molecule has 15 heavy (non-hydrogen) atoms. The summed E-state index contributed by atoms with van der Waals surface area (Å²) < 4.78 is 0. The van der Waals surface area contributed by atoms with E-state index in [1.54, 1.807) is 0 Å². The molecule has 2 fully saturated rings. The molecular formula is C12H23NS2. The maximum absolute atomic E-state index is 4.55. The van der Waals surface area contributed by atoms with Crippen LogP contribution in [0.3, 0.4) is 0 Å². The van der Waals surface area contributed by atoms with Crippen LogP contribution in [0.25, 0.3) is 0 Å². The fraction of sp³-hybridized carbons (Fsp3) is 1.00. The molecule has 0 aromatic heterocycles. The van der Waals surface area contributed by atoms with Crippen LogP contribution >= 0.6 is 24.4 Å². The lowest BCUT2D eigenvalue weighted by atomic mass is 9.69. The predicted octanol–water partition coefficient (Wildman–Crippen LogP) is 2.91. The van der Waals surface area contributed by atoms with Crippen molar-refractivity contribution in [2.45, 2.75) is 44.4 Å². The molecule has 0 aromatic carbocycles. The third-order valence-corrected chi connectivity index (χ3v) is 6.31. The fourth-order valence-electron chi connectivity index (χ4n) is 2.69. The topological polar surface area (TPSA) is 3.24 Å². The van der Waals surface area contributed by atoms with Gasteiger partial charge in [0.15, 0.2) is 0 Å². The van der Waals surface area contributed by atoms with Gasteiger partial charge in [0.2, 0.25) is 0 Å². The number of hydrogen-bond acceptors (Lipinski definition) is 3. The molecule has 88 valence electrons. The first kappa shape index (κ1) is 12.1. The first-order valence-electron chi connectivity index (χ1n) is 6.13. The zero-order chi connectivity index (χ0) is 10.9. The van der Waals surface area contributed by atoms with E-state index in [4.69, 9.17) is 0 Å². The van der Waals surface area contributed by atoms with Crippen LogP contribution in [0.1, 0.15) is 33.1 Å². The molecule has 0 spiro atoms. The lowest BCUT2D eigenvalue weighted by Crippen LogP contribution is -2.52. The van der Waals surface area contributed by atoms with Gasteiger partial charge in [-0.3, -0.25) is 4.90 Å². The monoisotopic (exact) mass is 245 g/mol. The lowest BCUT2D eigenvalue weighted by Gasteiger charge is -2.48. The minimum absolute atomic E-state index is 0.569. The minimum atomic E-state index is 0.569. The normalized spacial score (nSPS) is 36.2. The third kappa shape index (κ3) is 2.50. The number of nitrogens with zero attached hydrogens (tertiary/aromatic N) is 1. The zero-order valence-electron chi connectivity index (χ0n) is 9.91. The maximum atomic E-state index is 4.55. The maximum Gasteiger partial charge on any atom is 0.0184 e. The third-order valence-electron chi connectivity index (χ3n) is 4.30. The summed E-state index contributed by atoms with van der Waals surface area (Å²) in [7, 11) is 0. The molecule has 1 aliphatic heterocycles. The number of thiol groups is 1. The van der Waals surface area contributed by atoms with Crippen LogP contribution in [0.5, 0.6) is 0 Å². The standard InChI is InChI=1S/C12H23NS2/c1-10-11(2)15-7-6-13(10)8-12(9-14)4-3-5-12/h10-11,14H,3-9H2,1-2H3. The van der Waals surface area contributed by atoms with Gasteiger partial charge in [-0.2, -0.15) is 24.4 Å². The highest BCUT2D eigenvalue weighted by atomic mass is 32.2. The molecule has 0 radical (unpaired) electrons. The minimum Gasteiger partial charge on any atom is -0.298 e. The van der Waals surface area contributed by atoms with E-state index in [2.05, 4.69) is 43.1 Å². The van der Waals surface area contributed by atoms with E-state index in [1.165, 1.54) is 38.1 Å². The Kier molecular flexibility index (Phi) is 3.95. The Balaban J connectivity index is 1.92.